The van der Waals surface area contributed by atoms with Gasteiger partial charge in [0.25, 0.3) is 0 Å². The first-order chi connectivity index (χ1) is 9.04. The Morgan fingerprint density at radius 3 is 2.58 bits per heavy atom. The van der Waals surface area contributed by atoms with Crippen LogP contribution in [-0.4, -0.2) is 9.78 Å². The molecule has 0 aliphatic heterocycles. The fourth-order valence-corrected chi connectivity index (χ4v) is 4.25. The van der Waals surface area contributed by atoms with Crippen LogP contribution in [0.25, 0.3) is 5.69 Å². The zero-order chi connectivity index (χ0) is 13.3. The first-order valence-electron chi connectivity index (χ1n) is 7.19. The van der Waals surface area contributed by atoms with Crippen LogP contribution in [0.3, 0.4) is 0 Å². The zero-order valence-corrected chi connectivity index (χ0v) is 11.9. The molecule has 2 aromatic rings. The summed E-state index contributed by atoms with van der Waals surface area (Å²) in [5, 5.41) is 4.93. The van der Waals surface area contributed by atoms with Gasteiger partial charge in [-0.3, -0.25) is 0 Å². The second kappa shape index (κ2) is 3.30. The third kappa shape index (κ3) is 1.20. The van der Waals surface area contributed by atoms with Crippen LogP contribution >= 0.6 is 0 Å². The fraction of sp³-hybridized carbons (Fsp3) is 0.471. The Morgan fingerprint density at radius 2 is 1.89 bits per heavy atom. The van der Waals surface area contributed by atoms with Crippen LogP contribution in [0.1, 0.15) is 50.8 Å². The van der Waals surface area contributed by atoms with Crippen molar-refractivity contribution in [2.75, 3.05) is 0 Å². The first kappa shape index (κ1) is 11.3. The number of para-hydroxylation sites is 1. The average molecular weight is 252 g/mol. The van der Waals surface area contributed by atoms with Crippen molar-refractivity contribution >= 4 is 0 Å². The van der Waals surface area contributed by atoms with Gasteiger partial charge in [0.2, 0.25) is 0 Å². The van der Waals surface area contributed by atoms with Gasteiger partial charge in [-0.15, -0.1) is 0 Å². The minimum Gasteiger partial charge on any atom is -0.240 e. The van der Waals surface area contributed by atoms with Gasteiger partial charge in [-0.2, -0.15) is 5.10 Å². The van der Waals surface area contributed by atoms with E-state index in [4.69, 9.17) is 5.10 Å². The molecule has 0 spiro atoms. The summed E-state index contributed by atoms with van der Waals surface area (Å²) in [6.07, 6.45) is 4.86. The highest BCUT2D eigenvalue weighted by Crippen LogP contribution is 2.67. The van der Waals surface area contributed by atoms with Crippen LogP contribution in [0.2, 0.25) is 0 Å². The van der Waals surface area contributed by atoms with Crippen molar-refractivity contribution in [3.05, 3.63) is 47.8 Å². The van der Waals surface area contributed by atoms with Gasteiger partial charge in [-0.1, -0.05) is 39.0 Å². The first-order valence-corrected chi connectivity index (χ1v) is 7.19. The summed E-state index contributed by atoms with van der Waals surface area (Å²) >= 11 is 0. The van der Waals surface area contributed by atoms with Crippen molar-refractivity contribution in [2.24, 2.45) is 5.41 Å². The van der Waals surface area contributed by atoms with E-state index in [1.165, 1.54) is 24.1 Å². The minimum atomic E-state index is 0.257. The molecule has 1 fully saturated rings. The Balaban J connectivity index is 1.88. The molecule has 4 rings (SSSR count). The Hall–Kier alpha value is -1.57. The Kier molecular flexibility index (Phi) is 1.96. The molecule has 0 amide bonds. The normalized spacial score (nSPS) is 30.6. The highest BCUT2D eigenvalue weighted by molar-refractivity contribution is 5.46. The number of nitrogens with zero attached hydrogens (tertiary/aromatic N) is 2. The highest BCUT2D eigenvalue weighted by Gasteiger charge is 2.61. The van der Waals surface area contributed by atoms with Crippen molar-refractivity contribution in [3.8, 4) is 5.69 Å². The lowest BCUT2D eigenvalue weighted by Crippen LogP contribution is -2.32. The van der Waals surface area contributed by atoms with E-state index in [0.29, 0.717) is 11.3 Å². The molecule has 2 atom stereocenters. The van der Waals surface area contributed by atoms with Crippen LogP contribution < -0.4 is 0 Å². The SMILES string of the molecule is CC12CCC(c3cn(-c4ccccc4)nc31)C2(C)C. The Morgan fingerprint density at radius 1 is 1.16 bits per heavy atom. The number of fused-ring (bicyclic) bond motifs is 5. The van der Waals surface area contributed by atoms with Gasteiger partial charge in [-0.05, 0) is 41.9 Å². The maximum Gasteiger partial charge on any atom is 0.0728 e. The molecule has 0 radical (unpaired) electrons. The summed E-state index contributed by atoms with van der Waals surface area (Å²) in [6.45, 7) is 7.24. The van der Waals surface area contributed by atoms with Crippen LogP contribution in [0.15, 0.2) is 36.5 Å². The second-order valence-electron chi connectivity index (χ2n) is 6.86. The predicted molar refractivity (Wildman–Crippen MR) is 76.7 cm³/mol. The molecule has 2 heteroatoms. The molecule has 2 unspecified atom stereocenters. The maximum absolute atomic E-state index is 4.93. The van der Waals surface area contributed by atoms with Crippen molar-refractivity contribution in [2.45, 2.75) is 44.9 Å². The maximum atomic E-state index is 4.93. The van der Waals surface area contributed by atoms with Crippen molar-refractivity contribution in [1.82, 2.24) is 9.78 Å². The number of benzene rings is 1. The topological polar surface area (TPSA) is 17.8 Å². The number of hydrogen-bond donors (Lipinski definition) is 0. The molecule has 98 valence electrons. The monoisotopic (exact) mass is 252 g/mol. The van der Waals surface area contributed by atoms with Crippen molar-refractivity contribution < 1.29 is 0 Å². The quantitative estimate of drug-likeness (QED) is 0.748. The molecule has 1 saturated carbocycles. The molecular weight excluding hydrogens is 232 g/mol. The summed E-state index contributed by atoms with van der Waals surface area (Å²) in [5.74, 6) is 0.685. The standard InChI is InChI=1S/C17H20N2/c1-16(2)14-9-10-17(16,3)15-13(14)11-19(18-15)12-7-5-4-6-8-12/h4-8,11,14H,9-10H2,1-3H3. The van der Waals surface area contributed by atoms with Gasteiger partial charge in [0.15, 0.2) is 0 Å². The van der Waals surface area contributed by atoms with Gasteiger partial charge in [0.05, 0.1) is 11.4 Å². The van der Waals surface area contributed by atoms with Crippen LogP contribution in [0, 0.1) is 5.41 Å². The van der Waals surface area contributed by atoms with Crippen LogP contribution in [-0.2, 0) is 5.41 Å². The molecule has 1 heterocycles. The van der Waals surface area contributed by atoms with E-state index in [2.05, 4.69) is 62.0 Å². The van der Waals surface area contributed by atoms with Crippen molar-refractivity contribution in [1.29, 1.82) is 0 Å². The Bertz CT molecular complexity index is 639. The van der Waals surface area contributed by atoms with Gasteiger partial charge in [-0.25, -0.2) is 4.68 Å². The highest BCUT2D eigenvalue weighted by atomic mass is 15.3. The lowest BCUT2D eigenvalue weighted by Gasteiger charge is -2.34. The third-order valence-corrected chi connectivity index (χ3v) is 5.89. The van der Waals surface area contributed by atoms with E-state index < -0.39 is 0 Å². The molecule has 19 heavy (non-hydrogen) atoms. The van der Waals surface area contributed by atoms with Gasteiger partial charge < -0.3 is 0 Å². The van der Waals surface area contributed by atoms with Gasteiger partial charge in [0.1, 0.15) is 0 Å². The number of rotatable bonds is 1. The van der Waals surface area contributed by atoms with E-state index in [9.17, 15) is 0 Å². The molecule has 1 aromatic heterocycles. The third-order valence-electron chi connectivity index (χ3n) is 5.89. The van der Waals surface area contributed by atoms with E-state index >= 15 is 0 Å². The summed E-state index contributed by atoms with van der Waals surface area (Å²) < 4.78 is 2.07. The smallest absolute Gasteiger partial charge is 0.0728 e. The Labute approximate surface area is 114 Å². The molecule has 2 aliphatic rings. The molecule has 1 aromatic carbocycles. The molecule has 2 nitrogen and oxygen atoms in total. The molecular formula is C17H20N2. The number of aromatic nitrogens is 2. The minimum absolute atomic E-state index is 0.257. The van der Waals surface area contributed by atoms with Crippen LogP contribution in [0.4, 0.5) is 0 Å². The fourth-order valence-electron chi connectivity index (χ4n) is 4.25. The molecule has 0 N–H and O–H groups in total. The largest absolute Gasteiger partial charge is 0.240 e. The second-order valence-corrected chi connectivity index (χ2v) is 6.86. The molecule has 2 bridgehead atoms. The summed E-state index contributed by atoms with van der Waals surface area (Å²) in [5.41, 5.74) is 4.62. The van der Waals surface area contributed by atoms with E-state index in [0.717, 1.165) is 5.69 Å². The average Bonchev–Trinajstić information content (AvgIpc) is 2.97. The lowest BCUT2D eigenvalue weighted by molar-refractivity contribution is 0.224. The lowest BCUT2D eigenvalue weighted by atomic mass is 9.70. The summed E-state index contributed by atoms with van der Waals surface area (Å²) in [7, 11) is 0. The summed E-state index contributed by atoms with van der Waals surface area (Å²) in [6, 6.07) is 10.4. The number of hydrogen-bond acceptors (Lipinski definition) is 1. The predicted octanol–water partition coefficient (Wildman–Crippen LogP) is 4.05. The van der Waals surface area contributed by atoms with E-state index in [-0.39, 0.29) is 5.41 Å². The van der Waals surface area contributed by atoms with Crippen molar-refractivity contribution in [3.63, 3.8) is 0 Å². The summed E-state index contributed by atoms with van der Waals surface area (Å²) in [4.78, 5) is 0. The van der Waals surface area contributed by atoms with Crippen LogP contribution in [0.5, 0.6) is 0 Å². The molecule has 2 aliphatic carbocycles. The zero-order valence-electron chi connectivity index (χ0n) is 11.9. The van der Waals surface area contributed by atoms with E-state index in [1.807, 2.05) is 0 Å². The van der Waals surface area contributed by atoms with Gasteiger partial charge in [0, 0.05) is 11.6 Å². The van der Waals surface area contributed by atoms with Gasteiger partial charge >= 0.3 is 0 Å². The molecule has 0 saturated heterocycles. The van der Waals surface area contributed by atoms with E-state index in [1.54, 1.807) is 0 Å².